The first-order valence-electron chi connectivity index (χ1n) is 6.79. The molecule has 0 aromatic carbocycles. The fourth-order valence-corrected chi connectivity index (χ4v) is 4.68. The maximum Gasteiger partial charge on any atom is 0.250 e. The summed E-state index contributed by atoms with van der Waals surface area (Å²) in [6.45, 7) is 1.72. The van der Waals surface area contributed by atoms with Crippen LogP contribution < -0.4 is 10.5 Å². The summed E-state index contributed by atoms with van der Waals surface area (Å²) in [7, 11) is -1.72. The molecule has 114 valence electrons. The third-order valence-corrected chi connectivity index (χ3v) is 6.76. The predicted octanol–water partition coefficient (Wildman–Crippen LogP) is 1.34. The molecule has 1 aromatic heterocycles. The maximum absolute atomic E-state index is 12.2. The average Bonchev–Trinajstić information content (AvgIpc) is 3.04. The molecule has 0 unspecified atom stereocenters. The lowest BCUT2D eigenvalue weighted by Crippen LogP contribution is -2.30. The fourth-order valence-electron chi connectivity index (χ4n) is 2.11. The number of nitrogens with one attached hydrogen (secondary N) is 1. The fraction of sp³-hybridized carbons (Fsp3) is 0.692. The number of nitrogens with two attached hydrogens (primary N) is 1. The van der Waals surface area contributed by atoms with Crippen molar-refractivity contribution in [1.29, 1.82) is 0 Å². The van der Waals surface area contributed by atoms with Crippen molar-refractivity contribution in [3.05, 3.63) is 17.0 Å². The molecule has 0 bridgehead atoms. The van der Waals surface area contributed by atoms with E-state index in [1.807, 2.05) is 6.07 Å². The largest absolute Gasteiger partial charge is 0.385 e. The Kier molecular flexibility index (Phi) is 5.19. The van der Waals surface area contributed by atoms with Crippen LogP contribution in [0.3, 0.4) is 0 Å². The van der Waals surface area contributed by atoms with E-state index in [9.17, 15) is 8.42 Å². The van der Waals surface area contributed by atoms with Gasteiger partial charge in [0.05, 0.1) is 0 Å². The van der Waals surface area contributed by atoms with E-state index in [0.29, 0.717) is 23.9 Å². The Morgan fingerprint density at radius 1 is 1.45 bits per heavy atom. The van der Waals surface area contributed by atoms with Gasteiger partial charge in [-0.05, 0) is 49.8 Å². The number of methoxy groups -OCH3 is 1. The molecule has 1 heterocycles. The minimum Gasteiger partial charge on any atom is -0.385 e. The highest BCUT2D eigenvalue weighted by atomic mass is 32.2. The van der Waals surface area contributed by atoms with Crippen molar-refractivity contribution in [3.8, 4) is 0 Å². The van der Waals surface area contributed by atoms with E-state index in [-0.39, 0.29) is 5.41 Å². The highest BCUT2D eigenvalue weighted by Gasteiger charge is 2.42. The Labute approximate surface area is 124 Å². The Morgan fingerprint density at radius 2 is 2.20 bits per heavy atom. The van der Waals surface area contributed by atoms with Crippen molar-refractivity contribution in [3.63, 3.8) is 0 Å². The molecule has 3 N–H and O–H groups in total. The minimum atomic E-state index is -3.39. The lowest BCUT2D eigenvalue weighted by Gasteiger charge is -2.15. The Morgan fingerprint density at radius 3 is 2.80 bits per heavy atom. The molecule has 20 heavy (non-hydrogen) atoms. The minimum absolute atomic E-state index is 0.112. The van der Waals surface area contributed by atoms with Crippen LogP contribution in [0.2, 0.25) is 0 Å². The van der Waals surface area contributed by atoms with Crippen molar-refractivity contribution in [2.45, 2.75) is 29.9 Å². The van der Waals surface area contributed by atoms with Gasteiger partial charge >= 0.3 is 0 Å². The van der Waals surface area contributed by atoms with E-state index in [0.717, 1.165) is 30.6 Å². The summed E-state index contributed by atoms with van der Waals surface area (Å²) in [6, 6.07) is 3.50. The second kappa shape index (κ2) is 6.53. The standard InChI is InChI=1S/C13H22N2O3S2/c1-18-9-7-13(5-6-13)10-15-20(16,17)12-3-2-11(19-12)4-8-14/h2-3,15H,4-10,14H2,1H3. The summed E-state index contributed by atoms with van der Waals surface area (Å²) in [5, 5.41) is 0. The summed E-state index contributed by atoms with van der Waals surface area (Å²) >= 11 is 1.30. The Hall–Kier alpha value is -0.470. The number of ether oxygens (including phenoxy) is 1. The van der Waals surface area contributed by atoms with E-state index in [2.05, 4.69) is 4.72 Å². The molecule has 0 amide bonds. The summed E-state index contributed by atoms with van der Waals surface area (Å²) in [5.41, 5.74) is 5.59. The first-order valence-corrected chi connectivity index (χ1v) is 9.09. The summed E-state index contributed by atoms with van der Waals surface area (Å²) < 4.78 is 32.7. The van der Waals surface area contributed by atoms with Gasteiger partial charge < -0.3 is 10.5 Å². The van der Waals surface area contributed by atoms with Crippen LogP contribution in [0.5, 0.6) is 0 Å². The van der Waals surface area contributed by atoms with Crippen molar-refractivity contribution >= 4 is 21.4 Å². The number of hydrogen-bond donors (Lipinski definition) is 2. The summed E-state index contributed by atoms with van der Waals surface area (Å²) in [5.74, 6) is 0. The van der Waals surface area contributed by atoms with E-state index in [1.165, 1.54) is 11.3 Å². The molecule has 0 saturated heterocycles. The number of rotatable bonds is 9. The first kappa shape index (κ1) is 15.9. The highest BCUT2D eigenvalue weighted by Crippen LogP contribution is 2.48. The number of hydrogen-bond acceptors (Lipinski definition) is 5. The van der Waals surface area contributed by atoms with Gasteiger partial charge in [0.2, 0.25) is 10.0 Å². The van der Waals surface area contributed by atoms with Crippen molar-refractivity contribution in [2.75, 3.05) is 26.8 Å². The van der Waals surface area contributed by atoms with Crippen LogP contribution in [-0.2, 0) is 21.2 Å². The molecule has 1 saturated carbocycles. The molecule has 0 atom stereocenters. The zero-order valence-corrected chi connectivity index (χ0v) is 13.4. The Balaban J connectivity index is 1.93. The first-order chi connectivity index (χ1) is 9.51. The number of thiophene rings is 1. The Bertz CT molecular complexity index is 536. The van der Waals surface area contributed by atoms with Gasteiger partial charge in [-0.3, -0.25) is 0 Å². The second-order valence-electron chi connectivity index (χ2n) is 5.33. The van der Waals surface area contributed by atoms with Crippen molar-refractivity contribution in [2.24, 2.45) is 11.1 Å². The molecule has 0 aliphatic heterocycles. The topological polar surface area (TPSA) is 81.4 Å². The highest BCUT2D eigenvalue weighted by molar-refractivity contribution is 7.91. The summed E-state index contributed by atoms with van der Waals surface area (Å²) in [4.78, 5) is 1.01. The van der Waals surface area contributed by atoms with Crippen molar-refractivity contribution in [1.82, 2.24) is 4.72 Å². The van der Waals surface area contributed by atoms with Crippen LogP contribution in [0.1, 0.15) is 24.1 Å². The molecule has 7 heteroatoms. The lowest BCUT2D eigenvalue weighted by atomic mass is 10.0. The molecule has 5 nitrogen and oxygen atoms in total. The molecular formula is C13H22N2O3S2. The smallest absolute Gasteiger partial charge is 0.250 e. The van der Waals surface area contributed by atoms with E-state index < -0.39 is 10.0 Å². The van der Waals surface area contributed by atoms with Gasteiger partial charge in [-0.25, -0.2) is 13.1 Å². The molecule has 1 aliphatic carbocycles. The molecule has 0 radical (unpaired) electrons. The monoisotopic (exact) mass is 318 g/mol. The third kappa shape index (κ3) is 4.02. The SMILES string of the molecule is COCCC1(CNS(=O)(=O)c2ccc(CCN)s2)CC1. The average molecular weight is 318 g/mol. The van der Waals surface area contributed by atoms with Crippen LogP contribution in [0, 0.1) is 5.41 Å². The van der Waals surface area contributed by atoms with Gasteiger partial charge in [0.15, 0.2) is 0 Å². The van der Waals surface area contributed by atoms with E-state index in [1.54, 1.807) is 13.2 Å². The quantitative estimate of drug-likeness (QED) is 0.720. The zero-order valence-electron chi connectivity index (χ0n) is 11.7. The number of sulfonamides is 1. The molecular weight excluding hydrogens is 296 g/mol. The molecule has 0 spiro atoms. The van der Waals surface area contributed by atoms with Gasteiger partial charge in [0.1, 0.15) is 4.21 Å². The van der Waals surface area contributed by atoms with Crippen LogP contribution in [0.15, 0.2) is 16.3 Å². The second-order valence-corrected chi connectivity index (χ2v) is 8.49. The van der Waals surface area contributed by atoms with Gasteiger partial charge in [-0.15, -0.1) is 11.3 Å². The lowest BCUT2D eigenvalue weighted by molar-refractivity contribution is 0.173. The van der Waals surface area contributed by atoms with Crippen molar-refractivity contribution < 1.29 is 13.2 Å². The summed E-state index contributed by atoms with van der Waals surface area (Å²) in [6.07, 6.45) is 3.77. The molecule has 1 aliphatic rings. The molecule has 1 aromatic rings. The van der Waals surface area contributed by atoms with E-state index in [4.69, 9.17) is 10.5 Å². The van der Waals surface area contributed by atoms with Crippen LogP contribution in [-0.4, -0.2) is 35.2 Å². The predicted molar refractivity (Wildman–Crippen MR) is 80.4 cm³/mol. The van der Waals surface area contributed by atoms with Gasteiger partial charge in [0.25, 0.3) is 0 Å². The van der Waals surface area contributed by atoms with Crippen LogP contribution in [0.25, 0.3) is 0 Å². The van der Waals surface area contributed by atoms with E-state index >= 15 is 0 Å². The van der Waals surface area contributed by atoms with Gasteiger partial charge in [-0.2, -0.15) is 0 Å². The third-order valence-electron chi connectivity index (χ3n) is 3.72. The van der Waals surface area contributed by atoms with Gasteiger partial charge in [0, 0.05) is 25.1 Å². The zero-order chi connectivity index (χ0) is 14.6. The maximum atomic E-state index is 12.2. The van der Waals surface area contributed by atoms with Crippen LogP contribution in [0.4, 0.5) is 0 Å². The normalized spacial score (nSPS) is 17.3. The van der Waals surface area contributed by atoms with Gasteiger partial charge in [-0.1, -0.05) is 0 Å². The molecule has 2 rings (SSSR count). The molecule has 1 fully saturated rings. The van der Waals surface area contributed by atoms with Crippen LogP contribution >= 0.6 is 11.3 Å².